The fraction of sp³-hybridized carbons (Fsp3) is 0.400. The monoisotopic (exact) mass is 288 g/mol. The Morgan fingerprint density at radius 2 is 2.33 bits per heavy atom. The van der Waals surface area contributed by atoms with Crippen molar-refractivity contribution in [3.63, 3.8) is 0 Å². The first-order chi connectivity index (χ1) is 10.2. The molecular weight excluding hydrogens is 266 g/mol. The molecule has 1 aliphatic heterocycles. The number of carbonyl (C=O) groups is 1. The van der Waals surface area contributed by atoms with Crippen LogP contribution in [0.4, 0.5) is 5.69 Å². The predicted molar refractivity (Wildman–Crippen MR) is 83.5 cm³/mol. The van der Waals surface area contributed by atoms with Gasteiger partial charge in [-0.25, -0.2) is 0 Å². The van der Waals surface area contributed by atoms with Crippen molar-refractivity contribution in [1.82, 2.24) is 5.32 Å². The van der Waals surface area contributed by atoms with E-state index in [-0.39, 0.29) is 0 Å². The molecule has 1 aromatic rings. The number of rotatable bonds is 6. The lowest BCUT2D eigenvalue weighted by Gasteiger charge is -2.13. The van der Waals surface area contributed by atoms with Crippen molar-refractivity contribution in [2.45, 2.75) is 19.3 Å². The number of aliphatic imine (C=N–C) groups is 1. The Kier molecular flexibility index (Phi) is 5.45. The fourth-order valence-electron chi connectivity index (χ4n) is 2.32. The molecule has 0 fully saturated rings. The minimum atomic E-state index is -0.471. The van der Waals surface area contributed by atoms with Crippen molar-refractivity contribution in [2.75, 3.05) is 19.6 Å². The van der Waals surface area contributed by atoms with Crippen molar-refractivity contribution in [3.05, 3.63) is 29.3 Å². The number of amides is 1. The summed E-state index contributed by atoms with van der Waals surface area (Å²) >= 11 is 0. The van der Waals surface area contributed by atoms with E-state index in [4.69, 9.17) is 11.1 Å². The summed E-state index contributed by atoms with van der Waals surface area (Å²) in [7, 11) is 0. The molecule has 0 aliphatic carbocycles. The molecule has 6 N–H and O–H groups in total. The van der Waals surface area contributed by atoms with Crippen molar-refractivity contribution in [1.29, 1.82) is 5.41 Å². The Morgan fingerprint density at radius 1 is 1.48 bits per heavy atom. The van der Waals surface area contributed by atoms with Gasteiger partial charge >= 0.3 is 0 Å². The molecule has 112 valence electrons. The van der Waals surface area contributed by atoms with Gasteiger partial charge in [0.2, 0.25) is 5.91 Å². The third-order valence-electron chi connectivity index (χ3n) is 3.49. The highest BCUT2D eigenvalue weighted by Crippen LogP contribution is 2.10. The minimum Gasteiger partial charge on any atom is -0.368 e. The molecule has 0 bridgehead atoms. The van der Waals surface area contributed by atoms with Gasteiger partial charge in [0.25, 0.3) is 0 Å². The van der Waals surface area contributed by atoms with Gasteiger partial charge < -0.3 is 21.8 Å². The first kappa shape index (κ1) is 15.2. The molecule has 0 aromatic heterocycles. The van der Waals surface area contributed by atoms with Crippen molar-refractivity contribution in [2.24, 2.45) is 10.7 Å². The minimum absolute atomic E-state index is 0.431. The number of amidine groups is 1. The molecule has 0 radical (unpaired) electrons. The lowest BCUT2D eigenvalue weighted by molar-refractivity contribution is -0.569. The lowest BCUT2D eigenvalue weighted by Crippen LogP contribution is -2.80. The molecule has 0 saturated carbocycles. The molecule has 21 heavy (non-hydrogen) atoms. The standard InChI is InChI=1S/C15H21N5O/c16-10-12-9-11(15(17)21)4-5-13(12)18-7-8-20-14-3-1-2-6-19-14/h4-5,9-10,16,18H,1-3,6-8H2,(H2,17,21)(H,19,20)/p+1. The Morgan fingerprint density at radius 3 is 3.00 bits per heavy atom. The number of hydrogen-bond acceptors (Lipinski definition) is 4. The van der Waals surface area contributed by atoms with Crippen molar-refractivity contribution >= 4 is 23.6 Å². The Hall–Kier alpha value is -2.21. The molecule has 0 spiro atoms. The summed E-state index contributed by atoms with van der Waals surface area (Å²) in [6, 6.07) is 5.18. The van der Waals surface area contributed by atoms with Crippen LogP contribution in [0.3, 0.4) is 0 Å². The zero-order valence-electron chi connectivity index (χ0n) is 12.1. The average molecular weight is 288 g/mol. The van der Waals surface area contributed by atoms with Gasteiger partial charge in [0, 0.05) is 30.8 Å². The van der Waals surface area contributed by atoms with Gasteiger partial charge in [-0.1, -0.05) is 0 Å². The second-order valence-corrected chi connectivity index (χ2v) is 5.06. The maximum absolute atomic E-state index is 11.1. The van der Waals surface area contributed by atoms with Gasteiger partial charge in [0.05, 0.1) is 24.5 Å². The summed E-state index contributed by atoms with van der Waals surface area (Å²) in [5, 5.41) is 12.8. The normalized spacial score (nSPS) is 14.4. The first-order valence-corrected chi connectivity index (χ1v) is 7.25. The number of quaternary nitrogens is 1. The van der Waals surface area contributed by atoms with Crippen LogP contribution in [0, 0.1) is 5.41 Å². The number of benzene rings is 1. The number of nitrogens with zero attached hydrogens (tertiary/aromatic N) is 1. The molecule has 2 rings (SSSR count). The number of hydrogen-bond donors (Lipinski definition) is 4. The second kappa shape index (κ2) is 7.54. The fourth-order valence-corrected chi connectivity index (χ4v) is 2.32. The molecule has 1 aromatic carbocycles. The summed E-state index contributed by atoms with van der Waals surface area (Å²) in [5.74, 6) is 0.632. The predicted octanol–water partition coefficient (Wildman–Crippen LogP) is 0.150. The van der Waals surface area contributed by atoms with Crippen LogP contribution in [-0.2, 0) is 0 Å². The summed E-state index contributed by atoms with van der Waals surface area (Å²) in [5.41, 5.74) is 7.33. The molecule has 1 amide bonds. The molecule has 1 aliphatic rings. The number of carbonyl (C=O) groups excluding carboxylic acids is 1. The molecule has 0 unspecified atom stereocenters. The van der Waals surface area contributed by atoms with Crippen LogP contribution in [-0.4, -0.2) is 37.6 Å². The third-order valence-corrected chi connectivity index (χ3v) is 3.49. The summed E-state index contributed by atoms with van der Waals surface area (Å²) < 4.78 is 0. The Labute approximate surface area is 124 Å². The van der Waals surface area contributed by atoms with Crippen LogP contribution in [0.25, 0.3) is 0 Å². The number of primary amides is 1. The van der Waals surface area contributed by atoms with Crippen LogP contribution in [0.2, 0.25) is 0 Å². The van der Waals surface area contributed by atoms with E-state index in [0.29, 0.717) is 11.1 Å². The average Bonchev–Trinajstić information content (AvgIpc) is 2.52. The molecule has 1 heterocycles. The lowest BCUT2D eigenvalue weighted by atomic mass is 10.1. The maximum atomic E-state index is 11.1. The largest absolute Gasteiger partial charge is 0.368 e. The van der Waals surface area contributed by atoms with E-state index in [0.717, 1.165) is 37.6 Å². The summed E-state index contributed by atoms with van der Waals surface area (Å²) in [6.07, 6.45) is 4.68. The third kappa shape index (κ3) is 4.39. The van der Waals surface area contributed by atoms with Crippen LogP contribution < -0.4 is 16.4 Å². The SMILES string of the molecule is N=Cc1cc(C(N)=O)ccc1[NH2+]CCNC1=NCCCC1. The van der Waals surface area contributed by atoms with Gasteiger partial charge in [0.1, 0.15) is 5.69 Å². The van der Waals surface area contributed by atoms with Crippen LogP contribution in [0.5, 0.6) is 0 Å². The first-order valence-electron chi connectivity index (χ1n) is 7.25. The molecule has 6 nitrogen and oxygen atoms in total. The zero-order chi connectivity index (χ0) is 15.1. The molecule has 0 saturated heterocycles. The van der Waals surface area contributed by atoms with Crippen molar-refractivity contribution in [3.8, 4) is 0 Å². The highest BCUT2D eigenvalue weighted by molar-refractivity contribution is 5.96. The number of nitrogens with two attached hydrogens (primary N) is 2. The molecule has 0 atom stereocenters. The molecule has 6 heteroatoms. The smallest absolute Gasteiger partial charge is 0.248 e. The van der Waals surface area contributed by atoms with E-state index < -0.39 is 5.91 Å². The highest BCUT2D eigenvalue weighted by Gasteiger charge is 2.09. The van der Waals surface area contributed by atoms with E-state index in [1.807, 2.05) is 6.07 Å². The van der Waals surface area contributed by atoms with Gasteiger partial charge in [-0.3, -0.25) is 9.79 Å². The van der Waals surface area contributed by atoms with E-state index >= 15 is 0 Å². The summed E-state index contributed by atoms with van der Waals surface area (Å²) in [4.78, 5) is 15.6. The summed E-state index contributed by atoms with van der Waals surface area (Å²) in [6.45, 7) is 2.60. The van der Waals surface area contributed by atoms with Gasteiger partial charge in [-0.15, -0.1) is 0 Å². The van der Waals surface area contributed by atoms with E-state index in [1.54, 1.807) is 12.1 Å². The van der Waals surface area contributed by atoms with Gasteiger partial charge in [-0.2, -0.15) is 0 Å². The highest BCUT2D eigenvalue weighted by atomic mass is 16.1. The number of nitrogens with one attached hydrogen (secondary N) is 2. The van der Waals surface area contributed by atoms with E-state index in [1.165, 1.54) is 19.1 Å². The van der Waals surface area contributed by atoms with Crippen LogP contribution in [0.15, 0.2) is 23.2 Å². The Balaban J connectivity index is 1.86. The zero-order valence-corrected chi connectivity index (χ0v) is 12.1. The topological polar surface area (TPSA) is 108 Å². The van der Waals surface area contributed by atoms with Gasteiger partial charge in [-0.05, 0) is 25.0 Å². The van der Waals surface area contributed by atoms with E-state index in [9.17, 15) is 4.79 Å². The second-order valence-electron chi connectivity index (χ2n) is 5.06. The maximum Gasteiger partial charge on any atom is 0.248 e. The quantitative estimate of drug-likeness (QED) is 0.340. The van der Waals surface area contributed by atoms with E-state index in [2.05, 4.69) is 15.6 Å². The van der Waals surface area contributed by atoms with Crippen LogP contribution >= 0.6 is 0 Å². The van der Waals surface area contributed by atoms with Gasteiger partial charge in [0.15, 0.2) is 0 Å². The van der Waals surface area contributed by atoms with Crippen LogP contribution in [0.1, 0.15) is 35.2 Å². The Bertz CT molecular complexity index is 553. The molecular formula is C15H22N5O+. The van der Waals surface area contributed by atoms with Crippen molar-refractivity contribution < 1.29 is 10.1 Å².